The third kappa shape index (κ3) is 4.71. The molecule has 37 heavy (non-hydrogen) atoms. The molecule has 5 atom stereocenters. The summed E-state index contributed by atoms with van der Waals surface area (Å²) in [6.07, 6.45) is 1.93. The Morgan fingerprint density at radius 3 is 2.65 bits per heavy atom. The van der Waals surface area contributed by atoms with Crippen LogP contribution in [-0.4, -0.2) is 93.0 Å². The number of aliphatic hydroxyl groups excluding tert-OH is 2. The normalized spacial score (nSPS) is 29.6. The largest absolute Gasteiger partial charge is 0.441 e. The SMILES string of the molecule is CO[C@@H]1[C@@H](n2cc(-c3ccc(C)c(F)c3F)nn2)[C@@H](O)[C@@H](CO)O[C@@H]1CN1CC2(CCCCC2)OC1=O. The zero-order valence-electron chi connectivity index (χ0n) is 20.8. The topological polar surface area (TPSA) is 119 Å². The molecule has 2 N–H and O–H groups in total. The summed E-state index contributed by atoms with van der Waals surface area (Å²) in [5, 5.41) is 29.0. The molecule has 10 nitrogen and oxygen atoms in total. The van der Waals surface area contributed by atoms with E-state index in [0.717, 1.165) is 32.1 Å². The molecule has 1 saturated carbocycles. The summed E-state index contributed by atoms with van der Waals surface area (Å²) in [5.41, 5.74) is -0.324. The summed E-state index contributed by atoms with van der Waals surface area (Å²) in [4.78, 5) is 14.3. The number of halogens is 2. The van der Waals surface area contributed by atoms with Crippen molar-refractivity contribution in [2.75, 3.05) is 26.8 Å². The van der Waals surface area contributed by atoms with E-state index < -0.39 is 60.4 Å². The van der Waals surface area contributed by atoms with Crippen molar-refractivity contribution in [1.82, 2.24) is 19.9 Å². The van der Waals surface area contributed by atoms with Gasteiger partial charge in [0.15, 0.2) is 11.6 Å². The first kappa shape index (κ1) is 26.0. The zero-order valence-corrected chi connectivity index (χ0v) is 20.8. The van der Waals surface area contributed by atoms with Crippen molar-refractivity contribution >= 4 is 6.09 Å². The van der Waals surface area contributed by atoms with Crippen LogP contribution < -0.4 is 0 Å². The fourth-order valence-electron chi connectivity index (χ4n) is 5.81. The van der Waals surface area contributed by atoms with Gasteiger partial charge in [-0.05, 0) is 44.2 Å². The minimum absolute atomic E-state index is 0.0716. The van der Waals surface area contributed by atoms with E-state index in [2.05, 4.69) is 10.3 Å². The Morgan fingerprint density at radius 2 is 1.95 bits per heavy atom. The van der Waals surface area contributed by atoms with E-state index in [9.17, 15) is 23.8 Å². The van der Waals surface area contributed by atoms with Gasteiger partial charge < -0.3 is 29.3 Å². The number of methoxy groups -OCH3 is 1. The first-order valence-electron chi connectivity index (χ1n) is 12.6. The number of hydrogen-bond acceptors (Lipinski definition) is 8. The fraction of sp³-hybridized carbons (Fsp3) is 0.640. The fourth-order valence-corrected chi connectivity index (χ4v) is 5.81. The molecule has 1 amide bonds. The molecule has 202 valence electrons. The Bertz CT molecular complexity index is 1140. The van der Waals surface area contributed by atoms with Crippen LogP contribution in [0.2, 0.25) is 0 Å². The lowest BCUT2D eigenvalue weighted by Crippen LogP contribution is -2.59. The second-order valence-electron chi connectivity index (χ2n) is 10.2. The Labute approximate surface area is 213 Å². The lowest BCUT2D eigenvalue weighted by atomic mass is 9.85. The quantitative estimate of drug-likeness (QED) is 0.594. The van der Waals surface area contributed by atoms with Crippen molar-refractivity contribution in [3.8, 4) is 11.3 Å². The molecule has 1 aromatic carbocycles. The van der Waals surface area contributed by atoms with Crippen LogP contribution in [0.3, 0.4) is 0 Å². The van der Waals surface area contributed by atoms with Crippen LogP contribution in [0.25, 0.3) is 11.3 Å². The van der Waals surface area contributed by atoms with E-state index in [1.165, 1.54) is 37.0 Å². The maximum Gasteiger partial charge on any atom is 0.410 e. The van der Waals surface area contributed by atoms with Crippen molar-refractivity contribution < 1.29 is 38.0 Å². The Balaban J connectivity index is 1.41. The highest BCUT2D eigenvalue weighted by molar-refractivity contribution is 5.70. The van der Waals surface area contributed by atoms with Crippen molar-refractivity contribution in [2.24, 2.45) is 0 Å². The summed E-state index contributed by atoms with van der Waals surface area (Å²) < 4.78 is 47.5. The van der Waals surface area contributed by atoms with Crippen molar-refractivity contribution in [3.63, 3.8) is 0 Å². The highest BCUT2D eigenvalue weighted by atomic mass is 19.2. The van der Waals surface area contributed by atoms with E-state index in [4.69, 9.17) is 14.2 Å². The Hall–Kier alpha value is -2.67. The average molecular weight is 523 g/mol. The molecule has 1 aromatic heterocycles. The third-order valence-electron chi connectivity index (χ3n) is 7.81. The molecule has 3 aliphatic rings. The van der Waals surface area contributed by atoms with Crippen LogP contribution in [0.5, 0.6) is 0 Å². The van der Waals surface area contributed by atoms with Gasteiger partial charge in [0.25, 0.3) is 0 Å². The molecule has 12 heteroatoms. The van der Waals surface area contributed by atoms with Gasteiger partial charge in [0.05, 0.1) is 25.9 Å². The number of carbonyl (C=O) groups excluding carboxylic acids is 1. The standard InChI is InChI=1S/C25H32F2N4O6/c1-14-6-7-15(20(27)19(14)26)16-10-31(29-28-16)21-22(33)18(12-32)36-17(23(21)35-2)11-30-13-25(37-24(30)34)8-4-3-5-9-25/h6-7,10,17-18,21-23,32-33H,3-5,8-9,11-13H2,1-2H3/t17-,18-,21+,22+,23+/m1/s1. The van der Waals surface area contributed by atoms with Gasteiger partial charge in [0.1, 0.15) is 41.8 Å². The van der Waals surface area contributed by atoms with Crippen LogP contribution in [0.1, 0.15) is 43.7 Å². The molecule has 2 saturated heterocycles. The van der Waals surface area contributed by atoms with Crippen LogP contribution >= 0.6 is 0 Å². The lowest BCUT2D eigenvalue weighted by Gasteiger charge is -2.44. The highest BCUT2D eigenvalue weighted by Gasteiger charge is 2.51. The van der Waals surface area contributed by atoms with Gasteiger partial charge in [0.2, 0.25) is 0 Å². The molecule has 3 fully saturated rings. The molecule has 2 aromatic rings. The highest BCUT2D eigenvalue weighted by Crippen LogP contribution is 2.39. The number of benzene rings is 1. The van der Waals surface area contributed by atoms with Gasteiger partial charge in [-0.25, -0.2) is 18.3 Å². The van der Waals surface area contributed by atoms with Gasteiger partial charge in [-0.3, -0.25) is 0 Å². The molecule has 1 aliphatic carbocycles. The third-order valence-corrected chi connectivity index (χ3v) is 7.81. The molecular weight excluding hydrogens is 490 g/mol. The smallest absolute Gasteiger partial charge is 0.410 e. The van der Waals surface area contributed by atoms with Crippen molar-refractivity contribution in [3.05, 3.63) is 35.5 Å². The average Bonchev–Trinajstić information content (AvgIpc) is 3.48. The lowest BCUT2D eigenvalue weighted by molar-refractivity contribution is -0.214. The number of hydrogen-bond donors (Lipinski definition) is 2. The van der Waals surface area contributed by atoms with E-state index in [1.807, 2.05) is 0 Å². The number of rotatable bonds is 6. The second kappa shape index (κ2) is 10.2. The number of aryl methyl sites for hydroxylation is 1. The van der Waals surface area contributed by atoms with Crippen LogP contribution in [0.15, 0.2) is 18.3 Å². The predicted octanol–water partition coefficient (Wildman–Crippen LogP) is 2.36. The number of aliphatic hydroxyl groups is 2. The summed E-state index contributed by atoms with van der Waals surface area (Å²) in [7, 11) is 1.44. The Kier molecular flexibility index (Phi) is 7.18. The summed E-state index contributed by atoms with van der Waals surface area (Å²) in [5.74, 6) is -2.01. The van der Waals surface area contributed by atoms with E-state index >= 15 is 0 Å². The van der Waals surface area contributed by atoms with Gasteiger partial charge in [-0.1, -0.05) is 17.7 Å². The molecular formula is C25H32F2N4O6. The molecule has 2 aliphatic heterocycles. The van der Waals surface area contributed by atoms with Gasteiger partial charge in [-0.2, -0.15) is 0 Å². The monoisotopic (exact) mass is 522 g/mol. The molecule has 0 bridgehead atoms. The van der Waals surface area contributed by atoms with Crippen LogP contribution in [-0.2, 0) is 14.2 Å². The number of carbonyl (C=O) groups is 1. The van der Waals surface area contributed by atoms with Gasteiger partial charge in [0, 0.05) is 12.7 Å². The molecule has 0 radical (unpaired) electrons. The van der Waals surface area contributed by atoms with Crippen molar-refractivity contribution in [2.45, 2.75) is 75.1 Å². The molecule has 3 heterocycles. The predicted molar refractivity (Wildman–Crippen MR) is 126 cm³/mol. The van der Waals surface area contributed by atoms with E-state index in [0.29, 0.717) is 6.54 Å². The van der Waals surface area contributed by atoms with E-state index in [1.54, 1.807) is 4.90 Å². The number of aromatic nitrogens is 3. The molecule has 5 rings (SSSR count). The van der Waals surface area contributed by atoms with Crippen LogP contribution in [0, 0.1) is 18.6 Å². The maximum absolute atomic E-state index is 14.6. The minimum atomic E-state index is -1.25. The zero-order chi connectivity index (χ0) is 26.3. The maximum atomic E-state index is 14.6. The number of nitrogens with zero attached hydrogens (tertiary/aromatic N) is 4. The van der Waals surface area contributed by atoms with Crippen molar-refractivity contribution in [1.29, 1.82) is 0 Å². The summed E-state index contributed by atoms with van der Waals surface area (Å²) >= 11 is 0. The number of ether oxygens (including phenoxy) is 3. The number of amides is 1. The summed E-state index contributed by atoms with van der Waals surface area (Å²) in [6.45, 7) is 1.53. The first-order valence-corrected chi connectivity index (χ1v) is 12.6. The van der Waals surface area contributed by atoms with Crippen LogP contribution in [0.4, 0.5) is 13.6 Å². The van der Waals surface area contributed by atoms with Gasteiger partial charge in [-0.15, -0.1) is 5.10 Å². The Morgan fingerprint density at radius 1 is 1.19 bits per heavy atom. The molecule has 1 spiro atoms. The minimum Gasteiger partial charge on any atom is -0.441 e. The van der Waals surface area contributed by atoms with E-state index in [-0.39, 0.29) is 23.4 Å². The van der Waals surface area contributed by atoms with Gasteiger partial charge >= 0.3 is 6.09 Å². The summed E-state index contributed by atoms with van der Waals surface area (Å²) in [6, 6.07) is 1.97. The molecule has 0 unspecified atom stereocenters. The second-order valence-corrected chi connectivity index (χ2v) is 10.2. The first-order chi connectivity index (χ1) is 17.8.